The molecule has 0 N–H and O–H groups in total. The maximum Gasteiger partial charge on any atom is 0.243 e. The molecule has 4 rings (SSSR count). The van der Waals surface area contributed by atoms with E-state index in [-0.39, 0.29) is 12.3 Å². The van der Waals surface area contributed by atoms with Crippen molar-refractivity contribution >= 4 is 15.9 Å². The van der Waals surface area contributed by atoms with E-state index < -0.39 is 10.0 Å². The van der Waals surface area contributed by atoms with Crippen LogP contribution in [0.2, 0.25) is 0 Å². The topological polar surface area (TPSA) is 87.0 Å². The van der Waals surface area contributed by atoms with E-state index in [0.29, 0.717) is 31.1 Å². The Labute approximate surface area is 183 Å². The highest BCUT2D eigenvalue weighted by Crippen LogP contribution is 2.21. The molecular weight excluding hydrogens is 416 g/mol. The number of sulfonamides is 1. The zero-order chi connectivity index (χ0) is 21.8. The number of aromatic nitrogens is 1. The van der Waals surface area contributed by atoms with Gasteiger partial charge in [0.2, 0.25) is 15.9 Å². The van der Waals surface area contributed by atoms with E-state index in [0.717, 1.165) is 55.9 Å². The molecule has 9 heteroatoms. The molecule has 0 radical (unpaired) electrons. The second kappa shape index (κ2) is 9.50. The number of piperazine rings is 1. The third kappa shape index (κ3) is 5.34. The molecule has 31 heavy (non-hydrogen) atoms. The summed E-state index contributed by atoms with van der Waals surface area (Å²) in [6, 6.07) is 8.72. The van der Waals surface area contributed by atoms with Crippen LogP contribution in [0.1, 0.15) is 36.3 Å². The van der Waals surface area contributed by atoms with Crippen LogP contribution in [-0.2, 0) is 27.8 Å². The van der Waals surface area contributed by atoms with Crippen molar-refractivity contribution in [2.45, 2.75) is 44.0 Å². The quantitative estimate of drug-likeness (QED) is 0.675. The predicted molar refractivity (Wildman–Crippen MR) is 116 cm³/mol. The summed E-state index contributed by atoms with van der Waals surface area (Å²) >= 11 is 0. The second-order valence-corrected chi connectivity index (χ2v) is 10.3. The minimum Gasteiger partial charge on any atom is -0.361 e. The van der Waals surface area contributed by atoms with Crippen molar-refractivity contribution in [3.8, 4) is 0 Å². The fourth-order valence-corrected chi connectivity index (χ4v) is 5.71. The van der Waals surface area contributed by atoms with Gasteiger partial charge >= 0.3 is 0 Å². The summed E-state index contributed by atoms with van der Waals surface area (Å²) in [5.41, 5.74) is 1.75. The van der Waals surface area contributed by atoms with Gasteiger partial charge in [-0.05, 0) is 37.5 Å². The van der Waals surface area contributed by atoms with E-state index in [1.807, 2.05) is 17.9 Å². The van der Waals surface area contributed by atoms with Crippen LogP contribution < -0.4 is 0 Å². The van der Waals surface area contributed by atoms with Crippen molar-refractivity contribution in [2.24, 2.45) is 0 Å². The predicted octanol–water partition coefficient (Wildman–Crippen LogP) is 2.04. The number of nitrogens with zero attached hydrogens (tertiary/aromatic N) is 4. The average Bonchev–Trinajstić information content (AvgIpc) is 3.19. The largest absolute Gasteiger partial charge is 0.361 e. The molecule has 0 unspecified atom stereocenters. The molecule has 2 saturated heterocycles. The number of carbonyl (C=O) groups excluding carboxylic acids is 1. The highest BCUT2D eigenvalue weighted by atomic mass is 32.2. The number of aryl methyl sites for hydroxylation is 1. The molecule has 2 aliphatic heterocycles. The number of hydrogen-bond donors (Lipinski definition) is 0. The van der Waals surface area contributed by atoms with Gasteiger partial charge in [-0.3, -0.25) is 9.69 Å². The summed E-state index contributed by atoms with van der Waals surface area (Å²) in [6.45, 7) is 6.73. The van der Waals surface area contributed by atoms with Gasteiger partial charge in [-0.1, -0.05) is 23.7 Å². The van der Waals surface area contributed by atoms with Gasteiger partial charge in [-0.2, -0.15) is 4.31 Å². The lowest BCUT2D eigenvalue weighted by Crippen LogP contribution is -2.48. The molecule has 0 atom stereocenters. The molecule has 2 aromatic rings. The number of piperidine rings is 1. The van der Waals surface area contributed by atoms with Gasteiger partial charge in [-0.25, -0.2) is 8.42 Å². The number of carbonyl (C=O) groups is 1. The first-order valence-corrected chi connectivity index (χ1v) is 12.4. The van der Waals surface area contributed by atoms with Gasteiger partial charge < -0.3 is 9.42 Å². The highest BCUT2D eigenvalue weighted by Gasteiger charge is 2.26. The third-order valence-corrected chi connectivity index (χ3v) is 7.93. The number of hydrogen-bond acceptors (Lipinski definition) is 6. The maximum atomic E-state index is 12.8. The van der Waals surface area contributed by atoms with Crippen molar-refractivity contribution in [1.29, 1.82) is 0 Å². The summed E-state index contributed by atoms with van der Waals surface area (Å²) in [4.78, 5) is 17.2. The number of rotatable bonds is 6. The van der Waals surface area contributed by atoms with E-state index in [2.05, 4.69) is 10.1 Å². The van der Waals surface area contributed by atoms with Gasteiger partial charge in [0.25, 0.3) is 0 Å². The summed E-state index contributed by atoms with van der Waals surface area (Å²) in [5.74, 6) is 0.877. The Balaban J connectivity index is 1.29. The summed E-state index contributed by atoms with van der Waals surface area (Å²) in [5, 5.41) is 4.03. The fourth-order valence-electron chi connectivity index (χ4n) is 4.20. The normalized spacial score (nSPS) is 18.9. The lowest BCUT2D eigenvalue weighted by atomic mass is 10.1. The molecule has 3 heterocycles. The van der Waals surface area contributed by atoms with Crippen LogP contribution in [0.4, 0.5) is 0 Å². The molecule has 0 bridgehead atoms. The van der Waals surface area contributed by atoms with E-state index in [9.17, 15) is 13.2 Å². The first kappa shape index (κ1) is 22.0. The average molecular weight is 447 g/mol. The van der Waals surface area contributed by atoms with Crippen molar-refractivity contribution in [1.82, 2.24) is 19.3 Å². The Kier molecular flexibility index (Phi) is 6.74. The van der Waals surface area contributed by atoms with E-state index in [1.54, 1.807) is 28.6 Å². The third-order valence-electron chi connectivity index (χ3n) is 6.02. The SMILES string of the molecule is Cc1cc(CN2CCN(C(=O)Cc3ccc(S(=O)(=O)N4CCCCC4)cc3)CC2)no1. The molecule has 0 saturated carbocycles. The molecular formula is C22H30N4O4S. The molecule has 8 nitrogen and oxygen atoms in total. The maximum absolute atomic E-state index is 12.8. The summed E-state index contributed by atoms with van der Waals surface area (Å²) < 4.78 is 32.2. The molecule has 0 spiro atoms. The Hall–Kier alpha value is -2.23. The van der Waals surface area contributed by atoms with Crippen LogP contribution in [0.15, 0.2) is 39.8 Å². The highest BCUT2D eigenvalue weighted by molar-refractivity contribution is 7.89. The van der Waals surface area contributed by atoms with Crippen molar-refractivity contribution in [3.05, 3.63) is 47.3 Å². The van der Waals surface area contributed by atoms with Crippen LogP contribution in [0.5, 0.6) is 0 Å². The molecule has 0 aliphatic carbocycles. The van der Waals surface area contributed by atoms with Crippen LogP contribution in [0, 0.1) is 6.92 Å². The van der Waals surface area contributed by atoms with Gasteiger partial charge in [0.05, 0.1) is 17.0 Å². The van der Waals surface area contributed by atoms with Crippen LogP contribution in [0.25, 0.3) is 0 Å². The van der Waals surface area contributed by atoms with Gasteiger partial charge in [0, 0.05) is 51.9 Å². The van der Waals surface area contributed by atoms with E-state index >= 15 is 0 Å². The Morgan fingerprint density at radius 1 is 1.00 bits per heavy atom. The monoisotopic (exact) mass is 446 g/mol. The Morgan fingerprint density at radius 2 is 1.68 bits per heavy atom. The molecule has 2 aliphatic rings. The zero-order valence-electron chi connectivity index (χ0n) is 18.0. The Morgan fingerprint density at radius 3 is 2.29 bits per heavy atom. The van der Waals surface area contributed by atoms with Crippen LogP contribution >= 0.6 is 0 Å². The number of amides is 1. The summed E-state index contributed by atoms with van der Waals surface area (Å²) in [7, 11) is -3.44. The molecule has 1 aromatic heterocycles. The van der Waals surface area contributed by atoms with Crippen LogP contribution in [0.3, 0.4) is 0 Å². The molecule has 168 valence electrons. The lowest BCUT2D eigenvalue weighted by molar-refractivity contribution is -0.132. The first-order valence-electron chi connectivity index (χ1n) is 10.9. The fraction of sp³-hybridized carbons (Fsp3) is 0.545. The van der Waals surface area contributed by atoms with Crippen molar-refractivity contribution in [3.63, 3.8) is 0 Å². The zero-order valence-corrected chi connectivity index (χ0v) is 18.8. The molecule has 1 aromatic carbocycles. The molecule has 1 amide bonds. The van der Waals surface area contributed by atoms with Crippen molar-refractivity contribution < 1.29 is 17.7 Å². The van der Waals surface area contributed by atoms with Crippen LogP contribution in [-0.4, -0.2) is 72.9 Å². The van der Waals surface area contributed by atoms with Gasteiger partial charge in [0.1, 0.15) is 5.76 Å². The summed E-state index contributed by atoms with van der Waals surface area (Å²) in [6.07, 6.45) is 3.20. The minimum absolute atomic E-state index is 0.0727. The van der Waals surface area contributed by atoms with E-state index in [4.69, 9.17) is 4.52 Å². The Bertz CT molecular complexity index is 989. The molecule has 2 fully saturated rings. The standard InChI is InChI=1S/C22H30N4O4S/c1-18-15-20(23-30-18)17-24-11-13-25(14-12-24)22(27)16-19-5-7-21(8-6-19)31(28,29)26-9-3-2-4-10-26/h5-8,15H,2-4,9-14,16-17H2,1H3. The first-order chi connectivity index (χ1) is 14.9. The van der Waals surface area contributed by atoms with Crippen molar-refractivity contribution in [2.75, 3.05) is 39.3 Å². The number of benzene rings is 1. The van der Waals surface area contributed by atoms with Gasteiger partial charge in [0.15, 0.2) is 0 Å². The lowest BCUT2D eigenvalue weighted by Gasteiger charge is -2.34. The smallest absolute Gasteiger partial charge is 0.243 e. The minimum atomic E-state index is -3.44. The van der Waals surface area contributed by atoms with Gasteiger partial charge in [-0.15, -0.1) is 0 Å². The second-order valence-electron chi connectivity index (χ2n) is 8.37. The van der Waals surface area contributed by atoms with E-state index in [1.165, 1.54) is 0 Å².